The number of nitro groups is 1. The van der Waals surface area contributed by atoms with Crippen molar-refractivity contribution >= 4 is 34.1 Å². The summed E-state index contributed by atoms with van der Waals surface area (Å²) in [5.74, 6) is 0. The highest BCUT2D eigenvalue weighted by molar-refractivity contribution is 7.07. The first-order valence-corrected chi connectivity index (χ1v) is 12.9. The van der Waals surface area contributed by atoms with Gasteiger partial charge in [-0.05, 0) is 43.2 Å². The van der Waals surface area contributed by atoms with Gasteiger partial charge in [-0.25, -0.2) is 9.67 Å². The Morgan fingerprint density at radius 2 is 1.78 bits per heavy atom. The van der Waals surface area contributed by atoms with Gasteiger partial charge >= 0.3 is 0 Å². The second-order valence-electron chi connectivity index (χ2n) is 8.75. The van der Waals surface area contributed by atoms with Gasteiger partial charge in [0, 0.05) is 41.9 Å². The van der Waals surface area contributed by atoms with Crippen molar-refractivity contribution in [1.82, 2.24) is 4.68 Å². The van der Waals surface area contributed by atoms with Crippen molar-refractivity contribution in [3.05, 3.63) is 104 Å². The summed E-state index contributed by atoms with van der Waals surface area (Å²) in [6, 6.07) is 22.9. The molecule has 1 aliphatic heterocycles. The largest absolute Gasteiger partial charge is 0.378 e. The molecule has 0 bridgehead atoms. The van der Waals surface area contributed by atoms with Crippen LogP contribution in [0.3, 0.4) is 0 Å². The Balaban J connectivity index is 1.58. The number of benzene rings is 3. The van der Waals surface area contributed by atoms with Crippen LogP contribution in [-0.2, 0) is 4.74 Å². The molecule has 0 radical (unpaired) electrons. The van der Waals surface area contributed by atoms with Gasteiger partial charge < -0.3 is 9.64 Å². The number of para-hydroxylation sites is 1. The summed E-state index contributed by atoms with van der Waals surface area (Å²) in [7, 11) is 0. The van der Waals surface area contributed by atoms with Gasteiger partial charge in [-0.15, -0.1) is 11.3 Å². The zero-order valence-electron chi connectivity index (χ0n) is 20.7. The molecule has 0 aliphatic carbocycles. The molecule has 0 spiro atoms. The molecule has 0 N–H and O–H groups in total. The molecule has 4 aromatic rings. The van der Waals surface area contributed by atoms with E-state index in [4.69, 9.17) is 14.8 Å². The van der Waals surface area contributed by atoms with Crippen LogP contribution in [0.1, 0.15) is 18.1 Å². The number of ether oxygens (including phenoxy) is 1. The minimum Gasteiger partial charge on any atom is -0.378 e. The van der Waals surface area contributed by atoms with Crippen LogP contribution in [0.4, 0.5) is 17.1 Å². The molecule has 188 valence electrons. The van der Waals surface area contributed by atoms with Crippen molar-refractivity contribution in [3.8, 4) is 11.3 Å². The van der Waals surface area contributed by atoms with Crippen LogP contribution in [0.15, 0.2) is 88.3 Å². The molecule has 1 aromatic heterocycles. The third-order valence-electron chi connectivity index (χ3n) is 6.28. The number of aromatic nitrogens is 1. The molecule has 0 unspecified atom stereocenters. The van der Waals surface area contributed by atoms with Crippen molar-refractivity contribution < 1.29 is 9.66 Å². The summed E-state index contributed by atoms with van der Waals surface area (Å²) >= 11 is 1.45. The molecule has 3 aromatic carbocycles. The molecule has 5 rings (SSSR count). The Kier molecular flexibility index (Phi) is 7.25. The van der Waals surface area contributed by atoms with Crippen LogP contribution in [0.5, 0.6) is 0 Å². The number of morpholine rings is 1. The van der Waals surface area contributed by atoms with Gasteiger partial charge in [0.15, 0.2) is 0 Å². The molecule has 9 heteroatoms. The van der Waals surface area contributed by atoms with E-state index in [-0.39, 0.29) is 10.6 Å². The number of hydrogen-bond acceptors (Lipinski definition) is 7. The third-order valence-corrected chi connectivity index (χ3v) is 7.10. The fourth-order valence-corrected chi connectivity index (χ4v) is 5.03. The number of nitrogens with zero attached hydrogens (tertiary/aromatic N) is 5. The molecule has 0 saturated carbocycles. The van der Waals surface area contributed by atoms with E-state index in [0.29, 0.717) is 10.4 Å². The average Bonchev–Trinajstić information content (AvgIpc) is 3.32. The predicted octanol–water partition coefficient (Wildman–Crippen LogP) is 5.77. The van der Waals surface area contributed by atoms with Crippen LogP contribution in [-0.4, -0.2) is 41.6 Å². The maximum Gasteiger partial charge on any atom is 0.270 e. The molecule has 0 amide bonds. The summed E-state index contributed by atoms with van der Waals surface area (Å²) in [4.78, 5) is 18.9. The second kappa shape index (κ2) is 10.9. The third kappa shape index (κ3) is 5.52. The Hall–Kier alpha value is -4.08. The van der Waals surface area contributed by atoms with E-state index in [9.17, 15) is 10.1 Å². The zero-order chi connectivity index (χ0) is 25.8. The monoisotopic (exact) mass is 513 g/mol. The maximum atomic E-state index is 11.4. The average molecular weight is 514 g/mol. The number of nitro benzene ring substituents is 1. The Morgan fingerprint density at radius 3 is 2.51 bits per heavy atom. The van der Waals surface area contributed by atoms with Crippen LogP contribution in [0.2, 0.25) is 0 Å². The standard InChI is InChI=1S/C28H27N5O3S/c1-20-6-3-4-9-26(20)29-28-32(27(19-37-28)23-7-5-8-25(18-23)33(34)35)30-21(2)22-10-12-24(13-11-22)31-14-16-36-17-15-31/h3-13,18-19H,14-17H2,1-2H3. The van der Waals surface area contributed by atoms with Crippen molar-refractivity contribution in [3.63, 3.8) is 0 Å². The Morgan fingerprint density at radius 1 is 1.03 bits per heavy atom. The SMILES string of the molecule is CC(=Nn1c(-c2cccc([N+](=O)[O-])c2)csc1=Nc1ccccc1C)c1ccc(N2CCOCC2)cc1. The van der Waals surface area contributed by atoms with Crippen LogP contribution >= 0.6 is 11.3 Å². The van der Waals surface area contributed by atoms with E-state index in [1.807, 2.05) is 49.6 Å². The van der Waals surface area contributed by atoms with Crippen molar-refractivity contribution in [2.75, 3.05) is 31.2 Å². The Labute approximate surface area is 219 Å². The number of thiazole rings is 1. The molecule has 8 nitrogen and oxygen atoms in total. The van der Waals surface area contributed by atoms with E-state index in [0.717, 1.165) is 60.2 Å². The minimum absolute atomic E-state index is 0.0343. The van der Waals surface area contributed by atoms with E-state index in [1.54, 1.807) is 16.8 Å². The van der Waals surface area contributed by atoms with Gasteiger partial charge in [-0.3, -0.25) is 10.1 Å². The second-order valence-corrected chi connectivity index (χ2v) is 9.59. The highest BCUT2D eigenvalue weighted by Gasteiger charge is 2.14. The van der Waals surface area contributed by atoms with Gasteiger partial charge in [-0.2, -0.15) is 5.10 Å². The molecule has 37 heavy (non-hydrogen) atoms. The number of anilines is 1. The number of rotatable bonds is 6. The lowest BCUT2D eigenvalue weighted by Crippen LogP contribution is -2.36. The zero-order valence-corrected chi connectivity index (χ0v) is 21.5. The van der Waals surface area contributed by atoms with Gasteiger partial charge in [0.25, 0.3) is 5.69 Å². The summed E-state index contributed by atoms with van der Waals surface area (Å²) in [6.07, 6.45) is 0. The molecular weight excluding hydrogens is 486 g/mol. The summed E-state index contributed by atoms with van der Waals surface area (Å²) in [6.45, 7) is 7.22. The highest BCUT2D eigenvalue weighted by atomic mass is 32.1. The van der Waals surface area contributed by atoms with Crippen LogP contribution < -0.4 is 9.70 Å². The maximum absolute atomic E-state index is 11.4. The van der Waals surface area contributed by atoms with Crippen molar-refractivity contribution in [2.45, 2.75) is 13.8 Å². The van der Waals surface area contributed by atoms with Crippen LogP contribution in [0, 0.1) is 17.0 Å². The number of aryl methyl sites for hydroxylation is 1. The summed E-state index contributed by atoms with van der Waals surface area (Å²) in [5.41, 5.74) is 6.35. The molecule has 0 atom stereocenters. The lowest BCUT2D eigenvalue weighted by molar-refractivity contribution is -0.384. The van der Waals surface area contributed by atoms with E-state index in [2.05, 4.69) is 29.2 Å². The van der Waals surface area contributed by atoms with Crippen LogP contribution in [0.25, 0.3) is 11.3 Å². The first-order valence-electron chi connectivity index (χ1n) is 12.0. The van der Waals surface area contributed by atoms with Gasteiger partial charge in [0.2, 0.25) is 4.80 Å². The lowest BCUT2D eigenvalue weighted by atomic mass is 10.1. The first kappa shape index (κ1) is 24.6. The van der Waals surface area contributed by atoms with Gasteiger partial charge in [0.05, 0.1) is 35.2 Å². The number of non-ortho nitro benzene ring substituents is 1. The minimum atomic E-state index is -0.386. The Bertz CT molecular complexity index is 1520. The summed E-state index contributed by atoms with van der Waals surface area (Å²) in [5, 5.41) is 18.3. The number of hydrogen-bond donors (Lipinski definition) is 0. The van der Waals surface area contributed by atoms with Gasteiger partial charge in [-0.1, -0.05) is 42.5 Å². The van der Waals surface area contributed by atoms with E-state index in [1.165, 1.54) is 17.4 Å². The highest BCUT2D eigenvalue weighted by Crippen LogP contribution is 2.26. The van der Waals surface area contributed by atoms with Gasteiger partial charge in [0.1, 0.15) is 0 Å². The fourth-order valence-electron chi connectivity index (χ4n) is 4.19. The van der Waals surface area contributed by atoms with Crippen molar-refractivity contribution in [1.29, 1.82) is 0 Å². The van der Waals surface area contributed by atoms with E-state index >= 15 is 0 Å². The normalized spacial score (nSPS) is 14.7. The van der Waals surface area contributed by atoms with Crippen molar-refractivity contribution in [2.24, 2.45) is 10.1 Å². The molecule has 1 aliphatic rings. The molecule has 2 heterocycles. The first-order chi connectivity index (χ1) is 18.0. The summed E-state index contributed by atoms with van der Waals surface area (Å²) < 4.78 is 7.24. The lowest BCUT2D eigenvalue weighted by Gasteiger charge is -2.28. The molecule has 1 saturated heterocycles. The predicted molar refractivity (Wildman–Crippen MR) is 148 cm³/mol. The molecular formula is C28H27N5O3S. The topological polar surface area (TPSA) is 85.3 Å². The fraction of sp³-hybridized carbons (Fsp3) is 0.214. The smallest absolute Gasteiger partial charge is 0.270 e. The molecule has 1 fully saturated rings. The van der Waals surface area contributed by atoms with E-state index < -0.39 is 0 Å². The quantitative estimate of drug-likeness (QED) is 0.186.